The number of nitrogens with one attached hydrogen (secondary N) is 1. The predicted octanol–water partition coefficient (Wildman–Crippen LogP) is 2.38. The van der Waals surface area contributed by atoms with E-state index in [2.05, 4.69) is 10.3 Å². The van der Waals surface area contributed by atoms with Gasteiger partial charge >= 0.3 is 0 Å². The lowest BCUT2D eigenvalue weighted by Crippen LogP contribution is -2.48. The lowest BCUT2D eigenvalue weighted by Gasteiger charge is -2.37. The molecule has 6 heteroatoms. The number of aromatic nitrogens is 1. The molecule has 1 atom stereocenters. The van der Waals surface area contributed by atoms with Gasteiger partial charge in [-0.3, -0.25) is 4.79 Å². The van der Waals surface area contributed by atoms with Gasteiger partial charge in [-0.25, -0.2) is 4.98 Å². The van der Waals surface area contributed by atoms with Gasteiger partial charge in [0.2, 0.25) is 5.91 Å². The monoisotopic (exact) mass is 345 g/mol. The molecule has 0 saturated carbocycles. The van der Waals surface area contributed by atoms with Crippen molar-refractivity contribution in [2.75, 3.05) is 13.1 Å². The van der Waals surface area contributed by atoms with E-state index in [0.29, 0.717) is 12.8 Å². The molecule has 0 aliphatic carbocycles. The Balaban J connectivity index is 1.78. The second-order valence-corrected chi connectivity index (χ2v) is 7.26. The Hall–Kier alpha value is -1.92. The zero-order valence-corrected chi connectivity index (χ0v) is 14.4. The molecule has 1 saturated heterocycles. The van der Waals surface area contributed by atoms with Crippen molar-refractivity contribution in [1.29, 1.82) is 0 Å². The summed E-state index contributed by atoms with van der Waals surface area (Å²) in [6.45, 7) is 1.64. The van der Waals surface area contributed by atoms with Crippen molar-refractivity contribution in [3.63, 3.8) is 0 Å². The molecule has 24 heavy (non-hydrogen) atoms. The van der Waals surface area contributed by atoms with Crippen molar-refractivity contribution < 1.29 is 9.53 Å². The molecule has 2 heterocycles. The van der Waals surface area contributed by atoms with E-state index in [1.54, 1.807) is 17.5 Å². The third-order valence-corrected chi connectivity index (χ3v) is 5.44. The van der Waals surface area contributed by atoms with Crippen molar-refractivity contribution in [3.05, 3.63) is 46.9 Å². The Labute approximate surface area is 146 Å². The largest absolute Gasteiger partial charge is 0.490 e. The van der Waals surface area contributed by atoms with Gasteiger partial charge in [-0.05, 0) is 44.5 Å². The van der Waals surface area contributed by atoms with Gasteiger partial charge in [0.05, 0.1) is 10.4 Å². The molecule has 128 valence electrons. The summed E-state index contributed by atoms with van der Waals surface area (Å²) in [5.74, 6) is 0.595. The Morgan fingerprint density at radius 1 is 1.33 bits per heavy atom. The number of hydrogen-bond donors (Lipinski definition) is 2. The van der Waals surface area contributed by atoms with E-state index in [0.717, 1.165) is 36.7 Å². The molecular formula is C18H23N3O2S. The van der Waals surface area contributed by atoms with Gasteiger partial charge in [0.15, 0.2) is 0 Å². The van der Waals surface area contributed by atoms with Crippen LogP contribution in [0.3, 0.4) is 0 Å². The molecular weight excluding hydrogens is 322 g/mol. The van der Waals surface area contributed by atoms with Crippen LogP contribution in [-0.2, 0) is 11.2 Å². The van der Waals surface area contributed by atoms with E-state index < -0.39 is 5.41 Å². The number of hydrogen-bond acceptors (Lipinski definition) is 5. The van der Waals surface area contributed by atoms with Gasteiger partial charge < -0.3 is 15.8 Å². The quantitative estimate of drug-likeness (QED) is 0.808. The first-order chi connectivity index (χ1) is 11.7. The Morgan fingerprint density at radius 2 is 2.08 bits per heavy atom. The predicted molar refractivity (Wildman–Crippen MR) is 95.0 cm³/mol. The second kappa shape index (κ2) is 7.77. The SMILES string of the molecule is NC(=O)C1(CC(Cc2nccs2)Oc2ccccc2)CCNCC1. The highest BCUT2D eigenvalue weighted by atomic mass is 32.1. The summed E-state index contributed by atoms with van der Waals surface area (Å²) in [6, 6.07) is 9.73. The topological polar surface area (TPSA) is 77.2 Å². The summed E-state index contributed by atoms with van der Waals surface area (Å²) in [6.07, 6.45) is 4.51. The molecule has 3 N–H and O–H groups in total. The van der Waals surface area contributed by atoms with E-state index in [9.17, 15) is 4.79 Å². The Kier molecular flexibility index (Phi) is 5.48. The second-order valence-electron chi connectivity index (χ2n) is 6.28. The fourth-order valence-electron chi connectivity index (χ4n) is 3.29. The number of nitrogens with two attached hydrogens (primary N) is 1. The Bertz CT molecular complexity index is 640. The normalized spacial score (nSPS) is 18.0. The average Bonchev–Trinajstić information content (AvgIpc) is 3.09. The van der Waals surface area contributed by atoms with Gasteiger partial charge in [0, 0.05) is 18.0 Å². The third-order valence-electron chi connectivity index (χ3n) is 4.63. The number of rotatable bonds is 7. The van der Waals surface area contributed by atoms with Gasteiger partial charge in [-0.15, -0.1) is 11.3 Å². The first-order valence-corrected chi connectivity index (χ1v) is 9.17. The highest BCUT2D eigenvalue weighted by Gasteiger charge is 2.40. The van der Waals surface area contributed by atoms with Gasteiger partial charge in [0.25, 0.3) is 0 Å². The number of amides is 1. The molecule has 1 fully saturated rings. The van der Waals surface area contributed by atoms with Crippen LogP contribution in [-0.4, -0.2) is 30.1 Å². The molecule has 0 bridgehead atoms. The first kappa shape index (κ1) is 16.9. The molecule has 2 aromatic rings. The van der Waals surface area contributed by atoms with Crippen LogP contribution >= 0.6 is 11.3 Å². The standard InChI is InChI=1S/C18H23N3O2S/c19-17(22)18(6-8-20-9-7-18)13-15(12-16-21-10-11-24-16)23-14-4-2-1-3-5-14/h1-5,10-11,15,20H,6-9,12-13H2,(H2,19,22). The van der Waals surface area contributed by atoms with Gasteiger partial charge in [-0.2, -0.15) is 0 Å². The number of piperidine rings is 1. The number of carbonyl (C=O) groups excluding carboxylic acids is 1. The molecule has 0 radical (unpaired) electrons. The lowest BCUT2D eigenvalue weighted by atomic mass is 9.73. The van der Waals surface area contributed by atoms with Crippen molar-refractivity contribution in [2.24, 2.45) is 11.1 Å². The first-order valence-electron chi connectivity index (χ1n) is 8.29. The van der Waals surface area contributed by atoms with Crippen LogP contribution in [0.25, 0.3) is 0 Å². The zero-order chi connectivity index (χ0) is 16.8. The molecule has 1 aromatic carbocycles. The smallest absolute Gasteiger partial charge is 0.223 e. The van der Waals surface area contributed by atoms with Crippen molar-refractivity contribution in [1.82, 2.24) is 10.3 Å². The summed E-state index contributed by atoms with van der Waals surface area (Å²) in [5, 5.41) is 6.28. The summed E-state index contributed by atoms with van der Waals surface area (Å²) in [4.78, 5) is 16.6. The minimum atomic E-state index is -0.498. The summed E-state index contributed by atoms with van der Waals surface area (Å²) < 4.78 is 6.20. The zero-order valence-electron chi connectivity index (χ0n) is 13.6. The maximum Gasteiger partial charge on any atom is 0.223 e. The molecule has 1 aliphatic rings. The van der Waals surface area contributed by atoms with E-state index in [4.69, 9.17) is 10.5 Å². The molecule has 1 unspecified atom stereocenters. The fourth-order valence-corrected chi connectivity index (χ4v) is 3.97. The van der Waals surface area contributed by atoms with Crippen LogP contribution in [0.4, 0.5) is 0 Å². The van der Waals surface area contributed by atoms with Crippen molar-refractivity contribution in [3.8, 4) is 5.75 Å². The van der Waals surface area contributed by atoms with Crippen molar-refractivity contribution >= 4 is 17.2 Å². The molecule has 1 aliphatic heterocycles. The van der Waals surface area contributed by atoms with E-state index >= 15 is 0 Å². The molecule has 1 aromatic heterocycles. The van der Waals surface area contributed by atoms with Crippen LogP contribution in [0.15, 0.2) is 41.9 Å². The van der Waals surface area contributed by atoms with Crippen LogP contribution < -0.4 is 15.8 Å². The molecule has 5 nitrogen and oxygen atoms in total. The number of ether oxygens (including phenoxy) is 1. The van der Waals surface area contributed by atoms with Gasteiger partial charge in [-0.1, -0.05) is 18.2 Å². The number of benzene rings is 1. The third kappa shape index (κ3) is 4.13. The lowest BCUT2D eigenvalue weighted by molar-refractivity contribution is -0.131. The van der Waals surface area contributed by atoms with Crippen LogP contribution in [0.5, 0.6) is 5.75 Å². The number of carbonyl (C=O) groups is 1. The number of thiazole rings is 1. The molecule has 1 amide bonds. The fraction of sp³-hybridized carbons (Fsp3) is 0.444. The molecule has 0 spiro atoms. The minimum Gasteiger partial charge on any atom is -0.490 e. The minimum absolute atomic E-state index is 0.121. The average molecular weight is 345 g/mol. The highest BCUT2D eigenvalue weighted by Crippen LogP contribution is 2.35. The Morgan fingerprint density at radius 3 is 2.71 bits per heavy atom. The molecule has 3 rings (SSSR count). The van der Waals surface area contributed by atoms with Gasteiger partial charge in [0.1, 0.15) is 11.9 Å². The number of primary amides is 1. The van der Waals surface area contributed by atoms with Crippen LogP contribution in [0.1, 0.15) is 24.3 Å². The van der Waals surface area contributed by atoms with E-state index in [1.165, 1.54) is 0 Å². The number of nitrogens with zero attached hydrogens (tertiary/aromatic N) is 1. The summed E-state index contributed by atoms with van der Waals surface area (Å²) in [5.41, 5.74) is 5.28. The summed E-state index contributed by atoms with van der Waals surface area (Å²) in [7, 11) is 0. The maximum atomic E-state index is 12.2. The van der Waals surface area contributed by atoms with Crippen molar-refractivity contribution in [2.45, 2.75) is 31.8 Å². The van der Waals surface area contributed by atoms with E-state index in [1.807, 2.05) is 35.7 Å². The highest BCUT2D eigenvalue weighted by molar-refractivity contribution is 7.09. The maximum absolute atomic E-state index is 12.2. The van der Waals surface area contributed by atoms with Crippen LogP contribution in [0.2, 0.25) is 0 Å². The number of para-hydroxylation sites is 1. The van der Waals surface area contributed by atoms with E-state index in [-0.39, 0.29) is 12.0 Å². The van der Waals surface area contributed by atoms with Crippen LogP contribution in [0, 0.1) is 5.41 Å². The summed E-state index contributed by atoms with van der Waals surface area (Å²) >= 11 is 1.61.